The zero-order valence-electron chi connectivity index (χ0n) is 9.73. The number of aliphatic carboxylic acids is 1. The summed E-state index contributed by atoms with van der Waals surface area (Å²) in [5.74, 6) is -0.391. The number of aryl methyl sites for hydroxylation is 2. The first-order chi connectivity index (χ1) is 8.56. The Morgan fingerprint density at radius 3 is 3.00 bits per heavy atom. The quantitative estimate of drug-likeness (QED) is 0.817. The first-order valence-corrected chi connectivity index (χ1v) is 6.93. The molecule has 0 radical (unpaired) electrons. The van der Waals surface area contributed by atoms with Crippen molar-refractivity contribution in [3.05, 3.63) is 21.4 Å². The van der Waals surface area contributed by atoms with Gasteiger partial charge in [0.1, 0.15) is 15.8 Å². The molecule has 2 aromatic rings. The van der Waals surface area contributed by atoms with Crippen LogP contribution in [0.15, 0.2) is 0 Å². The number of carboxylic acids is 1. The third kappa shape index (κ3) is 1.78. The van der Waals surface area contributed by atoms with Gasteiger partial charge in [0.05, 0.1) is 11.3 Å². The van der Waals surface area contributed by atoms with Crippen LogP contribution in [0.5, 0.6) is 0 Å². The first kappa shape index (κ1) is 11.9. The van der Waals surface area contributed by atoms with Crippen LogP contribution in [-0.4, -0.2) is 21.0 Å². The summed E-state index contributed by atoms with van der Waals surface area (Å²) in [5.41, 5.74) is 1.04. The average molecular weight is 283 g/mol. The van der Waals surface area contributed by atoms with Crippen molar-refractivity contribution in [2.75, 3.05) is 0 Å². The van der Waals surface area contributed by atoms with Crippen molar-refractivity contribution in [2.45, 2.75) is 26.2 Å². The minimum atomic E-state index is -0.732. The smallest absolute Gasteiger partial charge is 0.306 e. The van der Waals surface area contributed by atoms with Gasteiger partial charge >= 0.3 is 5.97 Å². The molecule has 1 atom stereocenters. The number of halogens is 1. The summed E-state index contributed by atoms with van der Waals surface area (Å²) in [6.07, 6.45) is 2.03. The van der Waals surface area contributed by atoms with E-state index in [9.17, 15) is 4.79 Å². The number of hydrogen-bond acceptors (Lipinski definition) is 4. The molecule has 3 rings (SSSR count). The lowest BCUT2D eigenvalue weighted by molar-refractivity contribution is -0.142. The summed E-state index contributed by atoms with van der Waals surface area (Å²) in [5, 5.41) is 10.4. The lowest BCUT2D eigenvalue weighted by atomic mass is 9.87. The number of hydrogen-bond donors (Lipinski definition) is 1. The molecule has 94 valence electrons. The number of rotatable bonds is 1. The van der Waals surface area contributed by atoms with Gasteiger partial charge in [0.15, 0.2) is 0 Å². The van der Waals surface area contributed by atoms with Gasteiger partial charge in [-0.2, -0.15) is 0 Å². The third-order valence-corrected chi connectivity index (χ3v) is 4.78. The zero-order chi connectivity index (χ0) is 12.9. The van der Waals surface area contributed by atoms with Crippen molar-refractivity contribution < 1.29 is 9.90 Å². The van der Waals surface area contributed by atoms with Crippen molar-refractivity contribution in [2.24, 2.45) is 5.92 Å². The van der Waals surface area contributed by atoms with Crippen LogP contribution in [0.4, 0.5) is 0 Å². The largest absolute Gasteiger partial charge is 0.481 e. The molecule has 1 unspecified atom stereocenters. The molecule has 0 aromatic carbocycles. The Hall–Kier alpha value is -1.20. The second kappa shape index (κ2) is 4.17. The predicted molar refractivity (Wildman–Crippen MR) is 70.3 cm³/mol. The normalized spacial score (nSPS) is 18.9. The molecular formula is C12H11ClN2O2S. The Morgan fingerprint density at radius 1 is 1.50 bits per heavy atom. The van der Waals surface area contributed by atoms with Crippen LogP contribution in [0.3, 0.4) is 0 Å². The van der Waals surface area contributed by atoms with Crippen LogP contribution in [0.25, 0.3) is 10.2 Å². The predicted octanol–water partition coefficient (Wildman–Crippen LogP) is 2.84. The lowest BCUT2D eigenvalue weighted by Gasteiger charge is -2.18. The van der Waals surface area contributed by atoms with Gasteiger partial charge in [-0.3, -0.25) is 4.79 Å². The Labute approximate surface area is 113 Å². The van der Waals surface area contributed by atoms with Gasteiger partial charge in [0, 0.05) is 4.88 Å². The van der Waals surface area contributed by atoms with Crippen molar-refractivity contribution in [3.8, 4) is 0 Å². The topological polar surface area (TPSA) is 63.1 Å². The number of nitrogens with zero attached hydrogens (tertiary/aromatic N) is 2. The highest BCUT2D eigenvalue weighted by molar-refractivity contribution is 7.19. The van der Waals surface area contributed by atoms with Gasteiger partial charge < -0.3 is 5.11 Å². The van der Waals surface area contributed by atoms with E-state index < -0.39 is 5.97 Å². The van der Waals surface area contributed by atoms with Gasteiger partial charge in [-0.1, -0.05) is 11.6 Å². The first-order valence-electron chi connectivity index (χ1n) is 5.73. The molecule has 2 aromatic heterocycles. The zero-order valence-corrected chi connectivity index (χ0v) is 11.3. The van der Waals surface area contributed by atoms with Crippen molar-refractivity contribution in [1.82, 2.24) is 9.97 Å². The van der Waals surface area contributed by atoms with Crippen molar-refractivity contribution >= 4 is 39.1 Å². The van der Waals surface area contributed by atoms with E-state index in [0.29, 0.717) is 23.8 Å². The van der Waals surface area contributed by atoms with Gasteiger partial charge in [0.2, 0.25) is 0 Å². The van der Waals surface area contributed by atoms with E-state index in [-0.39, 0.29) is 5.92 Å². The molecule has 0 spiro atoms. The van der Waals surface area contributed by atoms with Gasteiger partial charge in [-0.15, -0.1) is 11.3 Å². The molecule has 18 heavy (non-hydrogen) atoms. The minimum absolute atomic E-state index is 0.312. The standard InChI is InChI=1S/C12H11ClN2O2S/c1-5-14-10(13)9-7-4-6(12(16)17)2-3-8(7)18-11(9)15-5/h6H,2-4H2,1H3,(H,16,17). The van der Waals surface area contributed by atoms with Crippen LogP contribution in [-0.2, 0) is 17.6 Å². The van der Waals surface area contributed by atoms with E-state index in [4.69, 9.17) is 16.7 Å². The summed E-state index contributed by atoms with van der Waals surface area (Å²) in [4.78, 5) is 21.7. The van der Waals surface area contributed by atoms with Gasteiger partial charge in [-0.25, -0.2) is 9.97 Å². The molecule has 2 heterocycles. The van der Waals surface area contributed by atoms with Crippen molar-refractivity contribution in [3.63, 3.8) is 0 Å². The maximum Gasteiger partial charge on any atom is 0.306 e. The second-order valence-electron chi connectivity index (χ2n) is 4.52. The number of thiophene rings is 1. The number of aromatic nitrogens is 2. The maximum absolute atomic E-state index is 11.1. The minimum Gasteiger partial charge on any atom is -0.481 e. The molecule has 1 N–H and O–H groups in total. The lowest BCUT2D eigenvalue weighted by Crippen LogP contribution is -2.21. The molecule has 0 saturated carbocycles. The average Bonchev–Trinajstić information content (AvgIpc) is 2.65. The van der Waals surface area contributed by atoms with E-state index in [0.717, 1.165) is 22.2 Å². The maximum atomic E-state index is 11.1. The van der Waals surface area contributed by atoms with Crippen molar-refractivity contribution in [1.29, 1.82) is 0 Å². The monoisotopic (exact) mass is 282 g/mol. The molecule has 0 amide bonds. The van der Waals surface area contributed by atoms with Gasteiger partial charge in [-0.05, 0) is 31.7 Å². The molecular weight excluding hydrogens is 272 g/mol. The fourth-order valence-corrected chi connectivity index (χ4v) is 4.09. The Morgan fingerprint density at radius 2 is 2.28 bits per heavy atom. The van der Waals surface area contributed by atoms with E-state index in [1.807, 2.05) is 6.92 Å². The summed E-state index contributed by atoms with van der Waals surface area (Å²) >= 11 is 7.79. The summed E-state index contributed by atoms with van der Waals surface area (Å²) in [6.45, 7) is 1.81. The fourth-order valence-electron chi connectivity index (χ4n) is 2.44. The molecule has 4 nitrogen and oxygen atoms in total. The van der Waals surface area contributed by atoms with E-state index in [2.05, 4.69) is 9.97 Å². The van der Waals surface area contributed by atoms with Crippen LogP contribution in [0, 0.1) is 12.8 Å². The van der Waals surface area contributed by atoms with E-state index in [1.54, 1.807) is 11.3 Å². The fraction of sp³-hybridized carbons (Fsp3) is 0.417. The third-order valence-electron chi connectivity index (χ3n) is 3.32. The Bertz CT molecular complexity index is 653. The highest BCUT2D eigenvalue weighted by atomic mass is 35.5. The summed E-state index contributed by atoms with van der Waals surface area (Å²) in [7, 11) is 0. The Balaban J connectivity index is 2.18. The van der Waals surface area contributed by atoms with Crippen LogP contribution in [0.1, 0.15) is 22.7 Å². The van der Waals surface area contributed by atoms with E-state index in [1.165, 1.54) is 4.88 Å². The number of carboxylic acid groups (broad SMARTS) is 1. The van der Waals surface area contributed by atoms with Crippen LogP contribution >= 0.6 is 22.9 Å². The van der Waals surface area contributed by atoms with Gasteiger partial charge in [0.25, 0.3) is 0 Å². The van der Waals surface area contributed by atoms with Crippen LogP contribution < -0.4 is 0 Å². The summed E-state index contributed by atoms with van der Waals surface area (Å²) < 4.78 is 0. The SMILES string of the molecule is Cc1nc(Cl)c2c3c(sc2n1)CCC(C(=O)O)C3. The van der Waals surface area contributed by atoms with E-state index >= 15 is 0 Å². The van der Waals surface area contributed by atoms with Crippen LogP contribution in [0.2, 0.25) is 5.15 Å². The highest BCUT2D eigenvalue weighted by Gasteiger charge is 2.28. The number of fused-ring (bicyclic) bond motifs is 3. The molecule has 0 saturated heterocycles. The molecule has 0 bridgehead atoms. The Kier molecular flexibility index (Phi) is 2.75. The molecule has 6 heteroatoms. The molecule has 0 fully saturated rings. The molecule has 1 aliphatic carbocycles. The molecule has 1 aliphatic rings. The highest BCUT2D eigenvalue weighted by Crippen LogP contribution is 2.39. The number of carbonyl (C=O) groups is 1. The second-order valence-corrected chi connectivity index (χ2v) is 5.97. The summed E-state index contributed by atoms with van der Waals surface area (Å²) in [6, 6.07) is 0. The molecule has 0 aliphatic heterocycles.